The zero-order chi connectivity index (χ0) is 16.5. The number of hydrogen-bond donors (Lipinski definition) is 2. The van der Waals surface area contributed by atoms with E-state index in [1.54, 1.807) is 6.20 Å². The minimum atomic E-state index is -0.0403. The molecular weight excluding hydrogens is 359 g/mol. The number of aryl methyl sites for hydroxylation is 2. The number of nitrogens with one attached hydrogen (secondary N) is 2. The maximum Gasteiger partial charge on any atom is 0.224 e. The molecule has 5 nitrogen and oxygen atoms in total. The molecule has 0 radical (unpaired) electrons. The summed E-state index contributed by atoms with van der Waals surface area (Å²) in [4.78, 5) is 16.3. The highest BCUT2D eigenvalue weighted by Gasteiger charge is 2.12. The lowest BCUT2D eigenvalue weighted by Crippen LogP contribution is -2.34. The van der Waals surface area contributed by atoms with Gasteiger partial charge < -0.3 is 15.2 Å². The number of imidazole rings is 1. The van der Waals surface area contributed by atoms with E-state index in [4.69, 9.17) is 0 Å². The van der Waals surface area contributed by atoms with Crippen LogP contribution in [0.25, 0.3) is 0 Å². The molecule has 0 spiro atoms. The number of aromatic nitrogens is 2. The zero-order valence-electron chi connectivity index (χ0n) is 14.8. The van der Waals surface area contributed by atoms with Gasteiger partial charge in [-0.05, 0) is 25.5 Å². The van der Waals surface area contributed by atoms with Gasteiger partial charge in [0.05, 0.1) is 6.54 Å². The van der Waals surface area contributed by atoms with Crippen molar-refractivity contribution in [1.82, 2.24) is 20.2 Å². The summed E-state index contributed by atoms with van der Waals surface area (Å²) >= 11 is 0. The minimum absolute atomic E-state index is 0. The first-order valence-corrected chi connectivity index (χ1v) is 8.17. The van der Waals surface area contributed by atoms with Gasteiger partial charge in [-0.2, -0.15) is 0 Å². The van der Waals surface area contributed by atoms with Crippen LogP contribution in [-0.4, -0.2) is 29.1 Å². The minimum Gasteiger partial charge on any atom is -0.349 e. The number of hydrogen-bond acceptors (Lipinski definition) is 3. The predicted molar refractivity (Wildman–Crippen MR) is 106 cm³/mol. The van der Waals surface area contributed by atoms with Crippen molar-refractivity contribution >= 4 is 30.7 Å². The van der Waals surface area contributed by atoms with E-state index in [0.29, 0.717) is 13.1 Å². The second-order valence-corrected chi connectivity index (χ2v) is 5.80. The smallest absolute Gasteiger partial charge is 0.224 e. The van der Waals surface area contributed by atoms with Crippen molar-refractivity contribution in [3.8, 4) is 0 Å². The molecule has 7 heteroatoms. The molecule has 0 aliphatic heterocycles. The third-order valence-corrected chi connectivity index (χ3v) is 3.89. The maximum atomic E-state index is 12.0. The van der Waals surface area contributed by atoms with Crippen LogP contribution < -0.4 is 10.6 Å². The molecule has 25 heavy (non-hydrogen) atoms. The van der Waals surface area contributed by atoms with Gasteiger partial charge in [-0.15, -0.1) is 24.8 Å². The van der Waals surface area contributed by atoms with Crippen molar-refractivity contribution in [3.63, 3.8) is 0 Å². The first-order chi connectivity index (χ1) is 11.2. The summed E-state index contributed by atoms with van der Waals surface area (Å²) in [6, 6.07) is 10.5. The van der Waals surface area contributed by atoms with Gasteiger partial charge in [-0.25, -0.2) is 4.98 Å². The summed E-state index contributed by atoms with van der Waals surface area (Å²) in [5.74, 6) is 0.919. The van der Waals surface area contributed by atoms with Crippen LogP contribution in [0.5, 0.6) is 0 Å². The van der Waals surface area contributed by atoms with Crippen molar-refractivity contribution < 1.29 is 4.79 Å². The van der Waals surface area contributed by atoms with Crippen LogP contribution in [-0.2, 0) is 24.3 Å². The van der Waals surface area contributed by atoms with Crippen LogP contribution >= 0.6 is 24.8 Å². The fraction of sp³-hybridized carbons (Fsp3) is 0.444. The van der Waals surface area contributed by atoms with E-state index >= 15 is 0 Å². The number of benzene rings is 1. The largest absolute Gasteiger partial charge is 0.349 e. The molecule has 2 rings (SSSR count). The van der Waals surface area contributed by atoms with Crippen molar-refractivity contribution in [2.24, 2.45) is 5.92 Å². The molecule has 1 heterocycles. The molecular formula is C18H28Cl2N4O. The highest BCUT2D eigenvalue weighted by molar-refractivity contribution is 5.85. The van der Waals surface area contributed by atoms with Gasteiger partial charge in [0.25, 0.3) is 0 Å². The van der Waals surface area contributed by atoms with Crippen molar-refractivity contribution in [3.05, 3.63) is 54.1 Å². The Morgan fingerprint density at radius 1 is 1.24 bits per heavy atom. The normalized spacial score (nSPS) is 11.1. The summed E-state index contributed by atoms with van der Waals surface area (Å²) in [6.45, 7) is 3.98. The van der Waals surface area contributed by atoms with Gasteiger partial charge in [-0.3, -0.25) is 4.79 Å². The van der Waals surface area contributed by atoms with Crippen LogP contribution in [0.15, 0.2) is 42.7 Å². The monoisotopic (exact) mass is 386 g/mol. The number of amides is 1. The number of halogens is 2. The van der Waals surface area contributed by atoms with Gasteiger partial charge in [0.1, 0.15) is 5.82 Å². The molecule has 1 aromatic carbocycles. The predicted octanol–water partition coefficient (Wildman–Crippen LogP) is 2.83. The standard InChI is InChI=1S/C18H26N4O.2ClH/c1-15(13-19-2)18(23)21-14-17-20-10-12-22(17)11-6-9-16-7-4-3-5-8-16;;/h3-5,7-8,10,12,15,19H,6,9,11,13-14H2,1-2H3,(H,21,23);2*1H. The Morgan fingerprint density at radius 3 is 2.64 bits per heavy atom. The van der Waals surface area contributed by atoms with Crippen molar-refractivity contribution in [1.29, 1.82) is 0 Å². The molecule has 0 saturated carbocycles. The summed E-state index contributed by atoms with van der Waals surface area (Å²) < 4.78 is 2.12. The van der Waals surface area contributed by atoms with Crippen LogP contribution in [0.4, 0.5) is 0 Å². The summed E-state index contributed by atoms with van der Waals surface area (Å²) in [6.07, 6.45) is 5.87. The highest BCUT2D eigenvalue weighted by atomic mass is 35.5. The van der Waals surface area contributed by atoms with Gasteiger partial charge >= 0.3 is 0 Å². The fourth-order valence-electron chi connectivity index (χ4n) is 2.55. The van der Waals surface area contributed by atoms with Gasteiger partial charge in [-0.1, -0.05) is 37.3 Å². The van der Waals surface area contributed by atoms with Crippen LogP contribution in [0.1, 0.15) is 24.7 Å². The van der Waals surface area contributed by atoms with Crippen molar-refractivity contribution in [2.75, 3.05) is 13.6 Å². The summed E-state index contributed by atoms with van der Waals surface area (Å²) in [5, 5.41) is 5.97. The SMILES string of the molecule is CNCC(C)C(=O)NCc1nccn1CCCc1ccccc1.Cl.Cl. The average Bonchev–Trinajstić information content (AvgIpc) is 3.01. The third kappa shape index (κ3) is 7.90. The highest BCUT2D eigenvalue weighted by Crippen LogP contribution is 2.06. The lowest BCUT2D eigenvalue weighted by Gasteiger charge is -2.12. The Bertz CT molecular complexity index is 604. The summed E-state index contributed by atoms with van der Waals surface area (Å²) in [7, 11) is 1.85. The van der Waals surface area contributed by atoms with E-state index in [1.807, 2.05) is 26.2 Å². The lowest BCUT2D eigenvalue weighted by molar-refractivity contribution is -0.124. The Labute approximate surface area is 162 Å². The van der Waals surface area contributed by atoms with Gasteiger partial charge in [0.15, 0.2) is 0 Å². The Balaban J connectivity index is 0.00000288. The molecule has 1 aromatic heterocycles. The Kier molecular flexibility index (Phi) is 12.0. The molecule has 1 atom stereocenters. The van der Waals surface area contributed by atoms with Crippen molar-refractivity contribution in [2.45, 2.75) is 32.9 Å². The van der Waals surface area contributed by atoms with E-state index in [-0.39, 0.29) is 36.6 Å². The second kappa shape index (κ2) is 12.8. The van der Waals surface area contributed by atoms with Crippen LogP contribution in [0, 0.1) is 5.92 Å². The van der Waals surface area contributed by atoms with Crippen LogP contribution in [0.2, 0.25) is 0 Å². The van der Waals surface area contributed by atoms with Gasteiger partial charge in [0, 0.05) is 31.4 Å². The second-order valence-electron chi connectivity index (χ2n) is 5.80. The van der Waals surface area contributed by atoms with E-state index in [1.165, 1.54) is 5.56 Å². The average molecular weight is 387 g/mol. The molecule has 0 bridgehead atoms. The molecule has 1 amide bonds. The molecule has 2 aromatic rings. The maximum absolute atomic E-state index is 12.0. The van der Waals surface area contributed by atoms with Crippen LogP contribution in [0.3, 0.4) is 0 Å². The topological polar surface area (TPSA) is 59.0 Å². The summed E-state index contributed by atoms with van der Waals surface area (Å²) in [5.41, 5.74) is 1.35. The number of nitrogens with zero attached hydrogens (tertiary/aromatic N) is 2. The van der Waals surface area contributed by atoms with E-state index < -0.39 is 0 Å². The third-order valence-electron chi connectivity index (χ3n) is 3.89. The number of rotatable bonds is 9. The van der Waals surface area contributed by atoms with E-state index in [2.05, 4.69) is 44.5 Å². The number of carbonyl (C=O) groups is 1. The number of carbonyl (C=O) groups excluding carboxylic acids is 1. The zero-order valence-corrected chi connectivity index (χ0v) is 16.4. The Hall–Kier alpha value is -1.56. The molecule has 0 aliphatic rings. The van der Waals surface area contributed by atoms with E-state index in [9.17, 15) is 4.79 Å². The molecule has 2 N–H and O–H groups in total. The molecule has 0 aliphatic carbocycles. The quantitative estimate of drug-likeness (QED) is 0.696. The molecule has 0 fully saturated rings. The molecule has 140 valence electrons. The van der Waals surface area contributed by atoms with Gasteiger partial charge in [0.2, 0.25) is 5.91 Å². The molecule has 1 unspecified atom stereocenters. The lowest BCUT2D eigenvalue weighted by atomic mass is 10.1. The first-order valence-electron chi connectivity index (χ1n) is 8.17. The first kappa shape index (κ1) is 23.4. The fourth-order valence-corrected chi connectivity index (χ4v) is 2.55. The molecule has 0 saturated heterocycles. The van der Waals surface area contributed by atoms with E-state index in [0.717, 1.165) is 25.2 Å². The Morgan fingerprint density at radius 2 is 1.96 bits per heavy atom.